The maximum atomic E-state index is 12.5. The molecule has 1 N–H and O–H groups in total. The fourth-order valence-electron chi connectivity index (χ4n) is 3.15. The summed E-state index contributed by atoms with van der Waals surface area (Å²) in [7, 11) is 0. The molecule has 0 atom stereocenters. The van der Waals surface area contributed by atoms with Crippen LogP contribution in [0, 0.1) is 6.92 Å². The van der Waals surface area contributed by atoms with Crippen molar-refractivity contribution in [2.45, 2.75) is 31.8 Å². The molecule has 0 saturated carbocycles. The highest BCUT2D eigenvalue weighted by Gasteiger charge is 2.45. The largest absolute Gasteiger partial charge is 0.478 e. The molecule has 0 unspecified atom stereocenters. The van der Waals surface area contributed by atoms with Crippen molar-refractivity contribution in [3.63, 3.8) is 0 Å². The number of amides is 1. The second kappa shape index (κ2) is 7.56. The normalized spacial score (nSPS) is 16.1. The van der Waals surface area contributed by atoms with Gasteiger partial charge in [-0.25, -0.2) is 4.79 Å². The molecular weight excluding hydrogens is 332 g/mol. The van der Waals surface area contributed by atoms with Crippen LogP contribution in [-0.2, 0) is 16.0 Å². The van der Waals surface area contributed by atoms with Crippen LogP contribution in [0.25, 0.3) is 0 Å². The van der Waals surface area contributed by atoms with Crippen molar-refractivity contribution in [1.29, 1.82) is 0 Å². The second-order valence-electron chi connectivity index (χ2n) is 6.58. The Bertz CT molecular complexity index is 783. The monoisotopic (exact) mass is 354 g/mol. The Morgan fingerprint density at radius 3 is 2.42 bits per heavy atom. The average molecular weight is 354 g/mol. The number of hydrogen-bond donors (Lipinski definition) is 1. The number of pyridine rings is 1. The number of aryl methyl sites for hydroxylation is 1. The number of carbonyl (C=O) groups is 2. The Labute approximate surface area is 152 Å². The van der Waals surface area contributed by atoms with Crippen LogP contribution in [0.4, 0.5) is 0 Å². The second-order valence-corrected chi connectivity index (χ2v) is 6.58. The Morgan fingerprint density at radius 2 is 1.81 bits per heavy atom. The number of hydrogen-bond acceptors (Lipinski definition) is 4. The molecule has 0 radical (unpaired) electrons. The lowest BCUT2D eigenvalue weighted by Gasteiger charge is -2.39. The van der Waals surface area contributed by atoms with Crippen molar-refractivity contribution >= 4 is 11.9 Å². The first-order chi connectivity index (χ1) is 12.5. The summed E-state index contributed by atoms with van der Waals surface area (Å²) in [6.07, 6.45) is 4.13. The van der Waals surface area contributed by atoms with Gasteiger partial charge in [0.25, 0.3) is 0 Å². The highest BCUT2D eigenvalue weighted by Crippen LogP contribution is 2.31. The average Bonchev–Trinajstić information content (AvgIpc) is 2.65. The molecule has 6 heteroatoms. The molecule has 6 nitrogen and oxygen atoms in total. The molecule has 2 aromatic rings. The maximum Gasteiger partial charge on any atom is 0.348 e. The summed E-state index contributed by atoms with van der Waals surface area (Å²) < 4.78 is 5.94. The quantitative estimate of drug-likeness (QED) is 0.892. The predicted octanol–water partition coefficient (Wildman–Crippen LogP) is 2.46. The van der Waals surface area contributed by atoms with Crippen molar-refractivity contribution in [2.75, 3.05) is 13.1 Å². The van der Waals surface area contributed by atoms with Crippen molar-refractivity contribution in [3.05, 3.63) is 59.9 Å². The lowest BCUT2D eigenvalue weighted by Crippen LogP contribution is -2.54. The minimum atomic E-state index is -1.29. The van der Waals surface area contributed by atoms with Gasteiger partial charge in [-0.2, -0.15) is 0 Å². The third-order valence-corrected chi connectivity index (χ3v) is 4.82. The van der Waals surface area contributed by atoms with Gasteiger partial charge in [0, 0.05) is 38.3 Å². The number of aromatic nitrogens is 1. The van der Waals surface area contributed by atoms with Crippen LogP contribution in [0.3, 0.4) is 0 Å². The van der Waals surface area contributed by atoms with E-state index in [1.54, 1.807) is 23.4 Å². The molecular formula is C20H22N2O4. The molecule has 136 valence electrons. The van der Waals surface area contributed by atoms with Crippen LogP contribution in [0.1, 0.15) is 24.0 Å². The van der Waals surface area contributed by atoms with E-state index in [1.807, 2.05) is 37.3 Å². The fourth-order valence-corrected chi connectivity index (χ4v) is 3.15. The Hall–Kier alpha value is -2.89. The number of piperidine rings is 1. The number of nitrogens with zero attached hydrogens (tertiary/aromatic N) is 2. The van der Waals surface area contributed by atoms with E-state index < -0.39 is 11.6 Å². The molecule has 3 rings (SSSR count). The number of rotatable bonds is 5. The molecule has 1 fully saturated rings. The zero-order valence-corrected chi connectivity index (χ0v) is 14.7. The topological polar surface area (TPSA) is 79.7 Å². The van der Waals surface area contributed by atoms with Crippen molar-refractivity contribution < 1.29 is 19.4 Å². The third kappa shape index (κ3) is 3.85. The summed E-state index contributed by atoms with van der Waals surface area (Å²) in [5, 5.41) is 9.77. The highest BCUT2D eigenvalue weighted by molar-refractivity contribution is 5.81. The molecule has 1 aromatic carbocycles. The van der Waals surface area contributed by atoms with Gasteiger partial charge in [0.05, 0.1) is 6.42 Å². The minimum absolute atomic E-state index is 0.00826. The summed E-state index contributed by atoms with van der Waals surface area (Å²) in [5.41, 5.74) is 0.500. The predicted molar refractivity (Wildman–Crippen MR) is 95.9 cm³/mol. The lowest BCUT2D eigenvalue weighted by molar-refractivity contribution is -0.161. The first-order valence-electron chi connectivity index (χ1n) is 8.65. The van der Waals surface area contributed by atoms with Gasteiger partial charge in [0.1, 0.15) is 5.75 Å². The maximum absolute atomic E-state index is 12.5. The first kappa shape index (κ1) is 17.9. The third-order valence-electron chi connectivity index (χ3n) is 4.82. The number of benzene rings is 1. The van der Waals surface area contributed by atoms with E-state index in [0.717, 1.165) is 11.1 Å². The van der Waals surface area contributed by atoms with Crippen LogP contribution in [0.15, 0.2) is 48.8 Å². The SMILES string of the molecule is Cc1ccccc1OC1(C(=O)O)CCN(C(=O)Cc2ccncc2)CC1. The molecule has 1 aromatic heterocycles. The molecule has 2 heterocycles. The van der Waals surface area contributed by atoms with Crippen molar-refractivity contribution in [3.8, 4) is 5.75 Å². The van der Waals surface area contributed by atoms with Gasteiger partial charge >= 0.3 is 5.97 Å². The standard InChI is InChI=1S/C20H22N2O4/c1-15-4-2-3-5-17(15)26-20(19(24)25)8-12-22(13-9-20)18(23)14-16-6-10-21-11-7-16/h2-7,10-11H,8-9,12-14H2,1H3,(H,24,25). The van der Waals surface area contributed by atoms with Gasteiger partial charge in [0.2, 0.25) is 11.5 Å². The fraction of sp³-hybridized carbons (Fsp3) is 0.350. The molecule has 0 bridgehead atoms. The smallest absolute Gasteiger partial charge is 0.348 e. The lowest BCUT2D eigenvalue weighted by atomic mass is 9.90. The highest BCUT2D eigenvalue weighted by atomic mass is 16.5. The minimum Gasteiger partial charge on any atom is -0.478 e. The van der Waals surface area contributed by atoms with Gasteiger partial charge < -0.3 is 14.7 Å². The number of carbonyl (C=O) groups excluding carboxylic acids is 1. The summed E-state index contributed by atoms with van der Waals surface area (Å²) in [6, 6.07) is 11.0. The van der Waals surface area contributed by atoms with E-state index >= 15 is 0 Å². The number of aliphatic carboxylic acids is 1. The van der Waals surface area contributed by atoms with Crippen molar-refractivity contribution in [2.24, 2.45) is 0 Å². The van der Waals surface area contributed by atoms with E-state index in [-0.39, 0.29) is 18.7 Å². The molecule has 0 aliphatic carbocycles. The Balaban J connectivity index is 1.67. The zero-order valence-electron chi connectivity index (χ0n) is 14.7. The van der Waals surface area contributed by atoms with Crippen LogP contribution in [0.2, 0.25) is 0 Å². The molecule has 1 aliphatic heterocycles. The Morgan fingerprint density at radius 1 is 1.15 bits per heavy atom. The van der Waals surface area contributed by atoms with Gasteiger partial charge in [-0.15, -0.1) is 0 Å². The zero-order chi connectivity index (χ0) is 18.6. The molecule has 1 aliphatic rings. The van der Waals surface area contributed by atoms with Crippen LogP contribution >= 0.6 is 0 Å². The van der Waals surface area contributed by atoms with Gasteiger partial charge in [-0.3, -0.25) is 9.78 Å². The van der Waals surface area contributed by atoms with Crippen LogP contribution < -0.4 is 4.74 Å². The van der Waals surface area contributed by atoms with E-state index in [4.69, 9.17) is 4.74 Å². The number of carboxylic acid groups (broad SMARTS) is 1. The number of likely N-dealkylation sites (tertiary alicyclic amines) is 1. The van der Waals surface area contributed by atoms with E-state index in [9.17, 15) is 14.7 Å². The van der Waals surface area contributed by atoms with Gasteiger partial charge in [-0.05, 0) is 36.2 Å². The summed E-state index contributed by atoms with van der Waals surface area (Å²) >= 11 is 0. The van der Waals surface area contributed by atoms with E-state index in [1.165, 1.54) is 0 Å². The van der Waals surface area contributed by atoms with Gasteiger partial charge in [0.15, 0.2) is 0 Å². The first-order valence-corrected chi connectivity index (χ1v) is 8.65. The molecule has 0 spiro atoms. The van der Waals surface area contributed by atoms with E-state index in [0.29, 0.717) is 25.3 Å². The van der Waals surface area contributed by atoms with E-state index in [2.05, 4.69) is 4.98 Å². The van der Waals surface area contributed by atoms with Crippen LogP contribution in [-0.4, -0.2) is 45.6 Å². The van der Waals surface area contributed by atoms with Crippen LogP contribution in [0.5, 0.6) is 5.75 Å². The van der Waals surface area contributed by atoms with Crippen molar-refractivity contribution in [1.82, 2.24) is 9.88 Å². The number of ether oxygens (including phenoxy) is 1. The summed E-state index contributed by atoms with van der Waals surface area (Å²) in [4.78, 5) is 30.1. The molecule has 1 saturated heterocycles. The number of para-hydroxylation sites is 1. The summed E-state index contributed by atoms with van der Waals surface area (Å²) in [6.45, 7) is 2.61. The molecule has 1 amide bonds. The molecule has 26 heavy (non-hydrogen) atoms. The Kier molecular flexibility index (Phi) is 5.21. The summed E-state index contributed by atoms with van der Waals surface area (Å²) in [5.74, 6) is -0.417. The van der Waals surface area contributed by atoms with Gasteiger partial charge in [-0.1, -0.05) is 18.2 Å². The number of carboxylic acids is 1.